The van der Waals surface area contributed by atoms with Gasteiger partial charge in [-0.05, 0) is 37.6 Å². The second-order valence-corrected chi connectivity index (χ2v) is 5.22. The summed E-state index contributed by atoms with van der Waals surface area (Å²) in [5.74, 6) is 0.159. The Morgan fingerprint density at radius 3 is 2.29 bits per heavy atom. The number of pyridine rings is 1. The van der Waals surface area contributed by atoms with E-state index in [9.17, 15) is 14.9 Å². The third-order valence-electron chi connectivity index (χ3n) is 3.23. The van der Waals surface area contributed by atoms with Crippen LogP contribution in [0.2, 0.25) is 0 Å². The largest absolute Gasteiger partial charge is 0.306 e. The van der Waals surface area contributed by atoms with Crippen molar-refractivity contribution in [2.24, 2.45) is 0 Å². The van der Waals surface area contributed by atoms with Crippen LogP contribution in [0.3, 0.4) is 0 Å². The molecule has 0 fully saturated rings. The highest BCUT2D eigenvalue weighted by Gasteiger charge is 2.13. The van der Waals surface area contributed by atoms with Gasteiger partial charge < -0.3 is 4.57 Å². The molecule has 0 atom stereocenters. The number of nitro benzene ring substituents is 1. The summed E-state index contributed by atoms with van der Waals surface area (Å²) in [5, 5.41) is 10.7. The van der Waals surface area contributed by atoms with Gasteiger partial charge in [-0.15, -0.1) is 11.6 Å². The molecule has 0 saturated carbocycles. The lowest BCUT2D eigenvalue weighted by molar-refractivity contribution is -0.384. The van der Waals surface area contributed by atoms with Gasteiger partial charge in [0.05, 0.1) is 16.5 Å². The normalized spacial score (nSPS) is 10.9. The van der Waals surface area contributed by atoms with Crippen LogP contribution >= 0.6 is 11.6 Å². The van der Waals surface area contributed by atoms with E-state index in [0.29, 0.717) is 5.56 Å². The van der Waals surface area contributed by atoms with Crippen LogP contribution < -0.4 is 5.56 Å². The molecule has 0 aliphatic heterocycles. The monoisotopic (exact) mass is 306 g/mol. The molecule has 5 nitrogen and oxygen atoms in total. The number of rotatable bonds is 4. The lowest BCUT2D eigenvalue weighted by Gasteiger charge is -2.17. The van der Waals surface area contributed by atoms with Gasteiger partial charge in [0.25, 0.3) is 11.2 Å². The van der Waals surface area contributed by atoms with E-state index in [1.165, 1.54) is 12.1 Å². The lowest BCUT2D eigenvalue weighted by Crippen LogP contribution is -2.26. The number of aromatic nitrogens is 1. The molecule has 1 aromatic carbocycles. The van der Waals surface area contributed by atoms with Gasteiger partial charge in [-0.1, -0.05) is 6.07 Å². The highest BCUT2D eigenvalue weighted by atomic mass is 35.5. The van der Waals surface area contributed by atoms with Crippen LogP contribution in [0.4, 0.5) is 5.69 Å². The fourth-order valence-electron chi connectivity index (χ4n) is 2.20. The van der Waals surface area contributed by atoms with Crippen molar-refractivity contribution in [1.29, 1.82) is 0 Å². The second kappa shape index (κ2) is 6.10. The summed E-state index contributed by atoms with van der Waals surface area (Å²) in [6.45, 7) is 3.82. The summed E-state index contributed by atoms with van der Waals surface area (Å²) in [6, 6.07) is 9.63. The van der Waals surface area contributed by atoms with Crippen molar-refractivity contribution in [2.45, 2.75) is 25.8 Å². The Hall–Kier alpha value is -2.14. The first-order chi connectivity index (χ1) is 9.95. The van der Waals surface area contributed by atoms with Crippen molar-refractivity contribution in [1.82, 2.24) is 4.57 Å². The number of benzene rings is 1. The molecular formula is C15H15ClN2O3. The van der Waals surface area contributed by atoms with E-state index < -0.39 is 4.92 Å². The van der Waals surface area contributed by atoms with Crippen LogP contribution in [-0.4, -0.2) is 9.49 Å². The highest BCUT2D eigenvalue weighted by Crippen LogP contribution is 2.24. The Morgan fingerprint density at radius 1 is 1.19 bits per heavy atom. The lowest BCUT2D eigenvalue weighted by atomic mass is 10.1. The van der Waals surface area contributed by atoms with Crippen LogP contribution in [0.1, 0.15) is 25.5 Å². The summed E-state index contributed by atoms with van der Waals surface area (Å²) >= 11 is 5.77. The predicted octanol–water partition coefficient (Wildman–Crippen LogP) is 3.74. The van der Waals surface area contributed by atoms with Crippen LogP contribution in [0.5, 0.6) is 0 Å². The Labute approximate surface area is 126 Å². The molecule has 110 valence electrons. The van der Waals surface area contributed by atoms with E-state index >= 15 is 0 Å². The van der Waals surface area contributed by atoms with Gasteiger partial charge in [-0.2, -0.15) is 0 Å². The number of nitrogens with zero attached hydrogens (tertiary/aromatic N) is 2. The molecule has 0 bridgehead atoms. The highest BCUT2D eigenvalue weighted by molar-refractivity contribution is 6.17. The molecule has 1 aromatic heterocycles. The number of nitro groups is 1. The maximum atomic E-state index is 12.4. The van der Waals surface area contributed by atoms with Crippen LogP contribution in [0.25, 0.3) is 11.3 Å². The molecule has 0 N–H and O–H groups in total. The third-order valence-corrected chi connectivity index (χ3v) is 3.52. The van der Waals surface area contributed by atoms with E-state index in [4.69, 9.17) is 11.6 Å². The Bertz CT molecular complexity index is 721. The predicted molar refractivity (Wildman–Crippen MR) is 82.7 cm³/mol. The smallest absolute Gasteiger partial charge is 0.269 e. The van der Waals surface area contributed by atoms with Gasteiger partial charge in [-0.25, -0.2) is 0 Å². The molecule has 0 amide bonds. The first-order valence-corrected chi connectivity index (χ1v) is 7.04. The minimum absolute atomic E-state index is 0.0228. The van der Waals surface area contributed by atoms with Gasteiger partial charge in [0.15, 0.2) is 0 Å². The number of hydrogen-bond donors (Lipinski definition) is 0. The van der Waals surface area contributed by atoms with E-state index in [1.807, 2.05) is 19.9 Å². The number of halogens is 1. The molecule has 2 rings (SSSR count). The van der Waals surface area contributed by atoms with E-state index in [1.54, 1.807) is 22.8 Å². The van der Waals surface area contributed by atoms with Crippen molar-refractivity contribution in [2.75, 3.05) is 0 Å². The first-order valence-electron chi connectivity index (χ1n) is 6.51. The zero-order valence-corrected chi connectivity index (χ0v) is 12.5. The minimum atomic E-state index is -0.449. The molecule has 2 aromatic rings. The second-order valence-electron chi connectivity index (χ2n) is 4.95. The standard InChI is InChI=1S/C15H15ClN2O3/c1-10(2)17-14(8-5-12(9-16)15(17)19)11-3-6-13(7-4-11)18(20)21/h3-8,10H,9H2,1-2H3. The van der Waals surface area contributed by atoms with Crippen molar-refractivity contribution in [3.63, 3.8) is 0 Å². The molecule has 0 radical (unpaired) electrons. The van der Waals surface area contributed by atoms with Gasteiger partial charge in [-0.3, -0.25) is 14.9 Å². The topological polar surface area (TPSA) is 65.1 Å². The minimum Gasteiger partial charge on any atom is -0.306 e. The van der Waals surface area contributed by atoms with Crippen molar-refractivity contribution in [3.05, 3.63) is 62.4 Å². The van der Waals surface area contributed by atoms with Crippen LogP contribution in [0.15, 0.2) is 41.2 Å². The molecule has 0 spiro atoms. The molecule has 0 saturated heterocycles. The average Bonchev–Trinajstić information content (AvgIpc) is 2.46. The van der Waals surface area contributed by atoms with E-state index in [0.717, 1.165) is 11.3 Å². The number of non-ortho nitro benzene ring substituents is 1. The summed E-state index contributed by atoms with van der Waals surface area (Å²) in [5.41, 5.74) is 1.91. The molecule has 0 unspecified atom stereocenters. The molecular weight excluding hydrogens is 292 g/mol. The van der Waals surface area contributed by atoms with E-state index in [-0.39, 0.29) is 23.2 Å². The van der Waals surface area contributed by atoms with Crippen LogP contribution in [0, 0.1) is 10.1 Å². The zero-order valence-electron chi connectivity index (χ0n) is 11.7. The fourth-order valence-corrected chi connectivity index (χ4v) is 2.40. The van der Waals surface area contributed by atoms with E-state index in [2.05, 4.69) is 0 Å². The average molecular weight is 307 g/mol. The fraction of sp³-hybridized carbons (Fsp3) is 0.267. The van der Waals surface area contributed by atoms with Crippen molar-refractivity contribution < 1.29 is 4.92 Å². The maximum Gasteiger partial charge on any atom is 0.269 e. The summed E-state index contributed by atoms with van der Waals surface area (Å²) in [4.78, 5) is 22.6. The Balaban J connectivity index is 2.60. The molecule has 1 heterocycles. The van der Waals surface area contributed by atoms with Gasteiger partial charge in [0, 0.05) is 23.7 Å². The number of alkyl halides is 1. The molecule has 0 aliphatic rings. The Kier molecular flexibility index (Phi) is 4.43. The third kappa shape index (κ3) is 2.97. The summed E-state index contributed by atoms with van der Waals surface area (Å²) in [6.07, 6.45) is 0. The quantitative estimate of drug-likeness (QED) is 0.491. The SMILES string of the molecule is CC(C)n1c(-c2ccc([N+](=O)[O-])cc2)ccc(CCl)c1=O. The molecule has 21 heavy (non-hydrogen) atoms. The van der Waals surface area contributed by atoms with Gasteiger partial charge in [0.1, 0.15) is 0 Å². The van der Waals surface area contributed by atoms with Gasteiger partial charge >= 0.3 is 0 Å². The zero-order chi connectivity index (χ0) is 15.6. The van der Waals surface area contributed by atoms with Gasteiger partial charge in [0.2, 0.25) is 0 Å². The number of hydrogen-bond acceptors (Lipinski definition) is 3. The van der Waals surface area contributed by atoms with Crippen molar-refractivity contribution >= 4 is 17.3 Å². The van der Waals surface area contributed by atoms with Crippen LogP contribution in [-0.2, 0) is 5.88 Å². The molecule has 6 heteroatoms. The summed E-state index contributed by atoms with van der Waals surface area (Å²) in [7, 11) is 0. The first kappa shape index (κ1) is 15.3. The van der Waals surface area contributed by atoms with Crippen molar-refractivity contribution in [3.8, 4) is 11.3 Å². The summed E-state index contributed by atoms with van der Waals surface area (Å²) < 4.78 is 1.65. The molecule has 0 aliphatic carbocycles. The Morgan fingerprint density at radius 2 is 1.81 bits per heavy atom. The maximum absolute atomic E-state index is 12.4.